The minimum Gasteiger partial charge on any atom is -0.359 e. The van der Waals surface area contributed by atoms with E-state index in [-0.39, 0.29) is 24.0 Å². The molecule has 1 aliphatic heterocycles. The van der Waals surface area contributed by atoms with Crippen molar-refractivity contribution >= 4 is 29.9 Å². The number of nitrogens with one attached hydrogen (secondary N) is 2. The SMILES string of the molecule is CCNC(=NCc1cc(C(CC)CC)no1)NCC1CCCN(C(C)C)C1.I. The molecular formula is C21H40IN5O. The summed E-state index contributed by atoms with van der Waals surface area (Å²) in [7, 11) is 0. The van der Waals surface area contributed by atoms with Crippen LogP contribution in [0, 0.1) is 5.92 Å². The van der Waals surface area contributed by atoms with E-state index in [9.17, 15) is 0 Å². The maximum atomic E-state index is 5.49. The van der Waals surface area contributed by atoms with Crippen molar-refractivity contribution in [2.24, 2.45) is 10.9 Å². The van der Waals surface area contributed by atoms with Crippen molar-refractivity contribution in [2.75, 3.05) is 26.2 Å². The lowest BCUT2D eigenvalue weighted by molar-refractivity contribution is 0.141. The molecule has 0 bridgehead atoms. The quantitative estimate of drug-likeness (QED) is 0.297. The van der Waals surface area contributed by atoms with Gasteiger partial charge in [0.25, 0.3) is 0 Å². The van der Waals surface area contributed by atoms with Gasteiger partial charge in [-0.25, -0.2) is 4.99 Å². The summed E-state index contributed by atoms with van der Waals surface area (Å²) in [5.74, 6) is 2.85. The van der Waals surface area contributed by atoms with E-state index >= 15 is 0 Å². The fourth-order valence-electron chi connectivity index (χ4n) is 3.78. The molecule has 0 aliphatic carbocycles. The molecule has 6 nitrogen and oxygen atoms in total. The van der Waals surface area contributed by atoms with Gasteiger partial charge in [-0.1, -0.05) is 19.0 Å². The van der Waals surface area contributed by atoms with Crippen LogP contribution in [0.2, 0.25) is 0 Å². The van der Waals surface area contributed by atoms with Crippen LogP contribution < -0.4 is 10.6 Å². The number of guanidine groups is 1. The average molecular weight is 505 g/mol. The lowest BCUT2D eigenvalue weighted by Crippen LogP contribution is -2.46. The molecule has 1 aromatic heterocycles. The lowest BCUT2D eigenvalue weighted by atomic mass is 9.97. The third kappa shape index (κ3) is 7.89. The van der Waals surface area contributed by atoms with E-state index in [1.165, 1.54) is 25.9 Å². The minimum atomic E-state index is 0. The molecule has 0 radical (unpaired) electrons. The summed E-state index contributed by atoms with van der Waals surface area (Å²) in [6.45, 7) is 15.8. The van der Waals surface area contributed by atoms with Crippen molar-refractivity contribution < 1.29 is 4.52 Å². The normalized spacial score (nSPS) is 18.4. The number of halogens is 1. The molecule has 1 aromatic rings. The fraction of sp³-hybridized carbons (Fsp3) is 0.810. The maximum absolute atomic E-state index is 5.49. The molecule has 2 heterocycles. The van der Waals surface area contributed by atoms with Gasteiger partial charge in [-0.15, -0.1) is 24.0 Å². The molecule has 1 saturated heterocycles. The second kappa shape index (κ2) is 13.4. The number of rotatable bonds is 9. The van der Waals surface area contributed by atoms with Crippen molar-refractivity contribution in [2.45, 2.75) is 78.8 Å². The van der Waals surface area contributed by atoms with E-state index in [2.05, 4.69) is 61.4 Å². The van der Waals surface area contributed by atoms with Gasteiger partial charge in [0.05, 0.1) is 5.69 Å². The molecule has 1 atom stereocenters. The van der Waals surface area contributed by atoms with E-state index < -0.39 is 0 Å². The average Bonchev–Trinajstić information content (AvgIpc) is 3.14. The van der Waals surface area contributed by atoms with Crippen LogP contribution in [0.4, 0.5) is 0 Å². The predicted molar refractivity (Wildman–Crippen MR) is 127 cm³/mol. The van der Waals surface area contributed by atoms with Gasteiger partial charge in [0.15, 0.2) is 11.7 Å². The number of nitrogens with zero attached hydrogens (tertiary/aromatic N) is 3. The minimum absolute atomic E-state index is 0. The smallest absolute Gasteiger partial charge is 0.191 e. The molecule has 1 fully saturated rings. The monoisotopic (exact) mass is 505 g/mol. The van der Waals surface area contributed by atoms with Crippen LogP contribution >= 0.6 is 24.0 Å². The van der Waals surface area contributed by atoms with Crippen molar-refractivity contribution in [3.05, 3.63) is 17.5 Å². The van der Waals surface area contributed by atoms with Crippen LogP contribution in [0.15, 0.2) is 15.6 Å². The molecule has 0 amide bonds. The second-order valence-corrected chi connectivity index (χ2v) is 7.90. The molecule has 7 heteroatoms. The molecule has 0 saturated carbocycles. The first-order chi connectivity index (χ1) is 13.1. The first-order valence-electron chi connectivity index (χ1n) is 10.8. The highest BCUT2D eigenvalue weighted by molar-refractivity contribution is 14.0. The highest BCUT2D eigenvalue weighted by atomic mass is 127. The van der Waals surface area contributed by atoms with Gasteiger partial charge < -0.3 is 20.1 Å². The van der Waals surface area contributed by atoms with Crippen LogP contribution in [0.5, 0.6) is 0 Å². The number of likely N-dealkylation sites (tertiary alicyclic amines) is 1. The Bertz CT molecular complexity index is 571. The summed E-state index contributed by atoms with van der Waals surface area (Å²) in [4.78, 5) is 7.27. The van der Waals surface area contributed by atoms with Gasteiger partial charge in [0.2, 0.25) is 0 Å². The summed E-state index contributed by atoms with van der Waals surface area (Å²) in [5.41, 5.74) is 1.05. The molecule has 28 heavy (non-hydrogen) atoms. The molecule has 1 unspecified atom stereocenters. The Labute approximate surface area is 188 Å². The van der Waals surface area contributed by atoms with Crippen molar-refractivity contribution in [1.29, 1.82) is 0 Å². The Morgan fingerprint density at radius 1 is 1.29 bits per heavy atom. The lowest BCUT2D eigenvalue weighted by Gasteiger charge is -2.35. The Kier molecular flexibility index (Phi) is 12.1. The van der Waals surface area contributed by atoms with Gasteiger partial charge in [0, 0.05) is 37.7 Å². The van der Waals surface area contributed by atoms with Gasteiger partial charge in [-0.05, 0) is 58.9 Å². The first-order valence-corrected chi connectivity index (χ1v) is 10.8. The third-order valence-electron chi connectivity index (χ3n) is 5.56. The van der Waals surface area contributed by atoms with Crippen LogP contribution in [0.3, 0.4) is 0 Å². The first kappa shape index (κ1) is 25.2. The number of aliphatic imine (C=N–C) groups is 1. The van der Waals surface area contributed by atoms with Gasteiger partial charge in [-0.3, -0.25) is 0 Å². The van der Waals surface area contributed by atoms with Gasteiger partial charge in [0.1, 0.15) is 6.54 Å². The van der Waals surface area contributed by atoms with E-state index in [4.69, 9.17) is 9.52 Å². The third-order valence-corrected chi connectivity index (χ3v) is 5.56. The Hall–Kier alpha value is -0.830. The largest absolute Gasteiger partial charge is 0.359 e. The highest BCUT2D eigenvalue weighted by Crippen LogP contribution is 2.22. The molecule has 162 valence electrons. The molecule has 0 spiro atoms. The van der Waals surface area contributed by atoms with Crippen molar-refractivity contribution in [1.82, 2.24) is 20.7 Å². The number of aromatic nitrogens is 1. The number of hydrogen-bond acceptors (Lipinski definition) is 4. The van der Waals surface area contributed by atoms with Gasteiger partial charge in [-0.2, -0.15) is 0 Å². The fourth-order valence-corrected chi connectivity index (χ4v) is 3.78. The number of hydrogen-bond donors (Lipinski definition) is 2. The van der Waals surface area contributed by atoms with E-state index in [1.807, 2.05) is 0 Å². The zero-order chi connectivity index (χ0) is 19.6. The molecule has 2 N–H and O–H groups in total. The van der Waals surface area contributed by atoms with Gasteiger partial charge >= 0.3 is 0 Å². The van der Waals surface area contributed by atoms with E-state index in [0.717, 1.165) is 43.3 Å². The van der Waals surface area contributed by atoms with E-state index in [1.54, 1.807) is 0 Å². The predicted octanol–water partition coefficient (Wildman–Crippen LogP) is 4.37. The van der Waals surface area contributed by atoms with Crippen LogP contribution in [0.25, 0.3) is 0 Å². The molecule has 1 aliphatic rings. The Morgan fingerprint density at radius 3 is 2.68 bits per heavy atom. The van der Waals surface area contributed by atoms with Crippen molar-refractivity contribution in [3.8, 4) is 0 Å². The summed E-state index contributed by atoms with van der Waals surface area (Å²) in [6, 6.07) is 2.69. The van der Waals surface area contributed by atoms with Crippen molar-refractivity contribution in [3.63, 3.8) is 0 Å². The Morgan fingerprint density at radius 2 is 2.04 bits per heavy atom. The van der Waals surface area contributed by atoms with Crippen LogP contribution in [0.1, 0.15) is 77.7 Å². The van der Waals surface area contributed by atoms with Crippen LogP contribution in [-0.4, -0.2) is 48.2 Å². The highest BCUT2D eigenvalue weighted by Gasteiger charge is 2.21. The zero-order valence-electron chi connectivity index (χ0n) is 18.3. The molecule has 0 aromatic carbocycles. The molecular weight excluding hydrogens is 465 g/mol. The number of piperidine rings is 1. The maximum Gasteiger partial charge on any atom is 0.191 e. The zero-order valence-corrected chi connectivity index (χ0v) is 20.7. The topological polar surface area (TPSA) is 65.7 Å². The summed E-state index contributed by atoms with van der Waals surface area (Å²) >= 11 is 0. The summed E-state index contributed by atoms with van der Waals surface area (Å²) < 4.78 is 5.49. The Balaban J connectivity index is 0.00000392. The molecule has 2 rings (SSSR count). The standard InChI is InChI=1S/C21H39N5O.HI/c1-6-18(7-2)20-12-19(27-25-20)14-24-21(22-8-3)23-13-17-10-9-11-26(15-17)16(4)5;/h12,16-18H,6-11,13-15H2,1-5H3,(H2,22,23,24);1H. The van der Waals surface area contributed by atoms with E-state index in [0.29, 0.717) is 24.4 Å². The van der Waals surface area contributed by atoms with Crippen LogP contribution in [-0.2, 0) is 6.54 Å². The summed E-state index contributed by atoms with van der Waals surface area (Å²) in [6.07, 6.45) is 4.75. The second-order valence-electron chi connectivity index (χ2n) is 7.90. The summed E-state index contributed by atoms with van der Waals surface area (Å²) in [5, 5.41) is 11.1.